The summed E-state index contributed by atoms with van der Waals surface area (Å²) in [7, 11) is 0. The van der Waals surface area contributed by atoms with Gasteiger partial charge in [0, 0.05) is 19.6 Å². The standard InChI is InChI=1S/C13H20O5/c14-11(15)9-5-13(16,6-9)10-1-3-18-12(7-10)2-4-17-8-12/h9-10,16H,1-8H2,(H,14,15). The van der Waals surface area contributed by atoms with Crippen LogP contribution in [0.4, 0.5) is 0 Å². The van der Waals surface area contributed by atoms with E-state index in [1.807, 2.05) is 0 Å². The summed E-state index contributed by atoms with van der Waals surface area (Å²) in [5, 5.41) is 19.5. The molecule has 2 unspecified atom stereocenters. The minimum Gasteiger partial charge on any atom is -0.481 e. The van der Waals surface area contributed by atoms with E-state index in [-0.39, 0.29) is 17.4 Å². The predicted molar refractivity (Wildman–Crippen MR) is 62.2 cm³/mol. The third-order valence-electron chi connectivity index (χ3n) is 4.87. The van der Waals surface area contributed by atoms with Crippen molar-refractivity contribution in [1.82, 2.24) is 0 Å². The van der Waals surface area contributed by atoms with Gasteiger partial charge in [0.15, 0.2) is 0 Å². The minimum atomic E-state index is -0.789. The third kappa shape index (κ3) is 1.94. The van der Waals surface area contributed by atoms with Gasteiger partial charge in [-0.1, -0.05) is 0 Å². The summed E-state index contributed by atoms with van der Waals surface area (Å²) in [6, 6.07) is 0. The van der Waals surface area contributed by atoms with Crippen molar-refractivity contribution in [3.05, 3.63) is 0 Å². The Balaban J connectivity index is 1.64. The number of hydrogen-bond acceptors (Lipinski definition) is 4. The van der Waals surface area contributed by atoms with Crippen LogP contribution in [-0.4, -0.2) is 47.2 Å². The predicted octanol–water partition coefficient (Wildman–Crippen LogP) is 0.798. The number of carboxylic acid groups (broad SMARTS) is 1. The van der Waals surface area contributed by atoms with Crippen molar-refractivity contribution in [1.29, 1.82) is 0 Å². The molecule has 5 heteroatoms. The number of ether oxygens (including phenoxy) is 2. The smallest absolute Gasteiger partial charge is 0.306 e. The van der Waals surface area contributed by atoms with Crippen LogP contribution in [0.3, 0.4) is 0 Å². The zero-order valence-electron chi connectivity index (χ0n) is 10.4. The van der Waals surface area contributed by atoms with E-state index in [0.717, 1.165) is 25.9 Å². The molecule has 2 aliphatic heterocycles. The normalized spacial score (nSPS) is 48.1. The maximum absolute atomic E-state index is 10.8. The van der Waals surface area contributed by atoms with Crippen LogP contribution >= 0.6 is 0 Å². The molecule has 3 aliphatic rings. The van der Waals surface area contributed by atoms with Gasteiger partial charge in [0.25, 0.3) is 0 Å². The van der Waals surface area contributed by atoms with Gasteiger partial charge in [-0.25, -0.2) is 0 Å². The number of aliphatic hydroxyl groups is 1. The second-order valence-corrected chi connectivity index (χ2v) is 6.07. The fourth-order valence-corrected chi connectivity index (χ4v) is 3.65. The number of carbonyl (C=O) groups is 1. The van der Waals surface area contributed by atoms with Crippen molar-refractivity contribution in [2.24, 2.45) is 11.8 Å². The maximum atomic E-state index is 10.8. The van der Waals surface area contributed by atoms with E-state index in [9.17, 15) is 9.90 Å². The molecule has 102 valence electrons. The lowest BCUT2D eigenvalue weighted by Gasteiger charge is -2.51. The molecule has 1 spiro atoms. The van der Waals surface area contributed by atoms with E-state index in [4.69, 9.17) is 14.6 Å². The summed E-state index contributed by atoms with van der Waals surface area (Å²) in [6.07, 6.45) is 3.30. The maximum Gasteiger partial charge on any atom is 0.306 e. The second kappa shape index (κ2) is 4.18. The van der Waals surface area contributed by atoms with Gasteiger partial charge in [0.05, 0.1) is 23.7 Å². The molecule has 0 radical (unpaired) electrons. The Hall–Kier alpha value is -0.650. The molecule has 0 aromatic heterocycles. The lowest BCUT2D eigenvalue weighted by atomic mass is 9.61. The number of aliphatic carboxylic acids is 1. The summed E-state index contributed by atoms with van der Waals surface area (Å²) >= 11 is 0. The topological polar surface area (TPSA) is 76.0 Å². The van der Waals surface area contributed by atoms with Gasteiger partial charge < -0.3 is 19.7 Å². The fourth-order valence-electron chi connectivity index (χ4n) is 3.65. The van der Waals surface area contributed by atoms with Crippen molar-refractivity contribution < 1.29 is 24.5 Å². The molecule has 3 rings (SSSR count). The highest BCUT2D eigenvalue weighted by Gasteiger charge is 2.54. The zero-order valence-corrected chi connectivity index (χ0v) is 10.4. The van der Waals surface area contributed by atoms with Crippen LogP contribution in [0.1, 0.15) is 32.1 Å². The first kappa shape index (κ1) is 12.4. The Morgan fingerprint density at radius 3 is 2.61 bits per heavy atom. The number of carboxylic acids is 1. The van der Waals surface area contributed by atoms with Crippen LogP contribution < -0.4 is 0 Å². The zero-order chi connectivity index (χ0) is 12.8. The van der Waals surface area contributed by atoms with Crippen LogP contribution in [0.2, 0.25) is 0 Å². The molecule has 3 fully saturated rings. The lowest BCUT2D eigenvalue weighted by molar-refractivity contribution is -0.190. The van der Waals surface area contributed by atoms with Crippen LogP contribution in [0.25, 0.3) is 0 Å². The lowest BCUT2D eigenvalue weighted by Crippen LogP contribution is -2.56. The van der Waals surface area contributed by atoms with Crippen LogP contribution in [0.5, 0.6) is 0 Å². The Labute approximate surface area is 106 Å². The first-order chi connectivity index (χ1) is 8.53. The highest BCUT2D eigenvalue weighted by atomic mass is 16.6. The highest BCUT2D eigenvalue weighted by Crippen LogP contribution is 2.50. The molecular formula is C13H20O5. The fraction of sp³-hybridized carbons (Fsp3) is 0.923. The molecule has 1 saturated carbocycles. The summed E-state index contributed by atoms with van der Waals surface area (Å²) in [4.78, 5) is 10.8. The SMILES string of the molecule is O=C(O)C1CC(O)(C2CCOC3(CCOC3)C2)C1. The highest BCUT2D eigenvalue weighted by molar-refractivity contribution is 5.71. The second-order valence-electron chi connectivity index (χ2n) is 6.07. The van der Waals surface area contributed by atoms with Gasteiger partial charge in [-0.15, -0.1) is 0 Å². The van der Waals surface area contributed by atoms with E-state index >= 15 is 0 Å². The van der Waals surface area contributed by atoms with E-state index in [0.29, 0.717) is 26.1 Å². The van der Waals surface area contributed by atoms with E-state index < -0.39 is 11.6 Å². The Morgan fingerprint density at radius 1 is 1.22 bits per heavy atom. The van der Waals surface area contributed by atoms with Crippen molar-refractivity contribution in [2.45, 2.75) is 43.3 Å². The van der Waals surface area contributed by atoms with Gasteiger partial charge >= 0.3 is 5.97 Å². The van der Waals surface area contributed by atoms with Crippen LogP contribution in [0.15, 0.2) is 0 Å². The van der Waals surface area contributed by atoms with Crippen molar-refractivity contribution in [3.8, 4) is 0 Å². The van der Waals surface area contributed by atoms with E-state index in [1.165, 1.54) is 0 Å². The average molecular weight is 256 g/mol. The molecule has 0 aromatic carbocycles. The molecular weight excluding hydrogens is 236 g/mol. The van der Waals surface area contributed by atoms with E-state index in [1.54, 1.807) is 0 Å². The monoisotopic (exact) mass is 256 g/mol. The Bertz CT molecular complexity index is 341. The number of rotatable bonds is 2. The van der Waals surface area contributed by atoms with Gasteiger partial charge in [-0.3, -0.25) is 4.79 Å². The van der Waals surface area contributed by atoms with Gasteiger partial charge in [0.2, 0.25) is 0 Å². The van der Waals surface area contributed by atoms with Crippen LogP contribution in [0, 0.1) is 11.8 Å². The Morgan fingerprint density at radius 2 is 2.00 bits per heavy atom. The minimum absolute atomic E-state index is 0.156. The van der Waals surface area contributed by atoms with E-state index in [2.05, 4.69) is 0 Å². The molecule has 0 aromatic rings. The largest absolute Gasteiger partial charge is 0.481 e. The molecule has 2 saturated heterocycles. The first-order valence-electron chi connectivity index (χ1n) is 6.70. The molecule has 5 nitrogen and oxygen atoms in total. The average Bonchev–Trinajstić information content (AvgIpc) is 2.73. The quantitative estimate of drug-likeness (QED) is 0.764. The first-order valence-corrected chi connectivity index (χ1v) is 6.70. The van der Waals surface area contributed by atoms with Gasteiger partial charge in [-0.05, 0) is 31.6 Å². The molecule has 0 bridgehead atoms. The summed E-state index contributed by atoms with van der Waals surface area (Å²) in [6.45, 7) is 1.99. The molecule has 0 amide bonds. The number of hydrogen-bond donors (Lipinski definition) is 2. The molecule has 2 N–H and O–H groups in total. The van der Waals surface area contributed by atoms with Gasteiger partial charge in [-0.2, -0.15) is 0 Å². The van der Waals surface area contributed by atoms with Crippen LogP contribution in [-0.2, 0) is 14.3 Å². The Kier molecular flexibility index (Phi) is 2.88. The van der Waals surface area contributed by atoms with Gasteiger partial charge in [0.1, 0.15) is 0 Å². The molecule has 2 atom stereocenters. The summed E-state index contributed by atoms with van der Waals surface area (Å²) in [5.74, 6) is -0.997. The summed E-state index contributed by atoms with van der Waals surface area (Å²) < 4.78 is 11.3. The molecule has 18 heavy (non-hydrogen) atoms. The third-order valence-corrected chi connectivity index (χ3v) is 4.87. The van der Waals surface area contributed by atoms with Crippen molar-refractivity contribution in [2.75, 3.05) is 19.8 Å². The van der Waals surface area contributed by atoms with Crippen molar-refractivity contribution in [3.63, 3.8) is 0 Å². The summed E-state index contributed by atoms with van der Waals surface area (Å²) in [5.41, 5.74) is -1.00. The molecule has 2 heterocycles. The van der Waals surface area contributed by atoms with Crippen molar-refractivity contribution >= 4 is 5.97 Å². The molecule has 1 aliphatic carbocycles.